The minimum absolute atomic E-state index is 0.0375. The molecule has 7 heteroatoms. The van der Waals surface area contributed by atoms with E-state index < -0.39 is 11.8 Å². The van der Waals surface area contributed by atoms with E-state index in [1.807, 2.05) is 60.7 Å². The van der Waals surface area contributed by atoms with Crippen molar-refractivity contribution in [1.82, 2.24) is 20.6 Å². The van der Waals surface area contributed by atoms with Gasteiger partial charge in [0.15, 0.2) is 0 Å². The van der Waals surface area contributed by atoms with Crippen LogP contribution in [0.4, 0.5) is 0 Å². The van der Waals surface area contributed by atoms with Crippen LogP contribution in [0.15, 0.2) is 91.1 Å². The molecule has 0 radical (unpaired) electrons. The highest BCUT2D eigenvalue weighted by Gasteiger charge is 2.19. The Labute approximate surface area is 172 Å². The first-order chi connectivity index (χ1) is 14.6. The average molecular weight is 398 g/mol. The lowest BCUT2D eigenvalue weighted by Crippen LogP contribution is -2.41. The highest BCUT2D eigenvalue weighted by molar-refractivity contribution is 6.02. The summed E-state index contributed by atoms with van der Waals surface area (Å²) in [5, 5.41) is 14.1. The minimum atomic E-state index is -0.545. The first kappa shape index (κ1) is 18.9. The number of benzene rings is 3. The second-order valence-corrected chi connectivity index (χ2v) is 6.50. The molecule has 0 fully saturated rings. The van der Waals surface area contributed by atoms with Crippen molar-refractivity contribution in [3.05, 3.63) is 102 Å². The molecule has 148 valence electrons. The van der Waals surface area contributed by atoms with Crippen molar-refractivity contribution in [3.8, 4) is 22.7 Å². The third kappa shape index (κ3) is 4.05. The fourth-order valence-corrected chi connectivity index (χ4v) is 2.96. The molecule has 4 aromatic rings. The number of aromatic hydroxyl groups is 1. The quantitative estimate of drug-likeness (QED) is 0.460. The van der Waals surface area contributed by atoms with Crippen molar-refractivity contribution in [1.29, 1.82) is 0 Å². The highest BCUT2D eigenvalue weighted by Crippen LogP contribution is 2.23. The highest BCUT2D eigenvalue weighted by atomic mass is 16.3. The van der Waals surface area contributed by atoms with Gasteiger partial charge in [-0.25, -0.2) is 4.68 Å². The van der Waals surface area contributed by atoms with Crippen LogP contribution in [0, 0.1) is 0 Å². The van der Waals surface area contributed by atoms with Gasteiger partial charge in [-0.2, -0.15) is 5.10 Å². The van der Waals surface area contributed by atoms with Gasteiger partial charge < -0.3 is 5.11 Å². The van der Waals surface area contributed by atoms with Crippen molar-refractivity contribution in [2.75, 3.05) is 0 Å². The molecule has 0 aliphatic rings. The van der Waals surface area contributed by atoms with Crippen molar-refractivity contribution in [2.24, 2.45) is 0 Å². The van der Waals surface area contributed by atoms with Gasteiger partial charge >= 0.3 is 0 Å². The Morgan fingerprint density at radius 2 is 1.47 bits per heavy atom. The van der Waals surface area contributed by atoms with Crippen LogP contribution in [0.5, 0.6) is 5.75 Å². The largest absolute Gasteiger partial charge is 0.508 e. The summed E-state index contributed by atoms with van der Waals surface area (Å²) in [4.78, 5) is 25.1. The topological polar surface area (TPSA) is 96.3 Å². The molecule has 0 saturated heterocycles. The van der Waals surface area contributed by atoms with Crippen LogP contribution in [0.2, 0.25) is 0 Å². The molecule has 0 aliphatic carbocycles. The molecule has 2 amide bonds. The van der Waals surface area contributed by atoms with Crippen LogP contribution in [0.3, 0.4) is 0 Å². The molecule has 1 aromatic heterocycles. The number of nitrogens with zero attached hydrogens (tertiary/aromatic N) is 2. The summed E-state index contributed by atoms with van der Waals surface area (Å²) in [7, 11) is 0. The number of phenolic OH excluding ortho intramolecular Hbond substituents is 1. The maximum absolute atomic E-state index is 12.9. The summed E-state index contributed by atoms with van der Waals surface area (Å²) in [6, 6.07) is 24.6. The molecule has 0 saturated carbocycles. The van der Waals surface area contributed by atoms with E-state index in [2.05, 4.69) is 16.0 Å². The van der Waals surface area contributed by atoms with Gasteiger partial charge in [0.25, 0.3) is 11.8 Å². The molecule has 0 bridgehead atoms. The van der Waals surface area contributed by atoms with Crippen LogP contribution in [0.25, 0.3) is 16.9 Å². The number of para-hydroxylation sites is 1. The number of carbonyl (C=O) groups excluding carboxylic acids is 2. The smallest absolute Gasteiger partial charge is 0.273 e. The second kappa shape index (κ2) is 8.32. The van der Waals surface area contributed by atoms with Crippen LogP contribution in [0.1, 0.15) is 20.7 Å². The molecule has 0 atom stereocenters. The van der Waals surface area contributed by atoms with E-state index in [1.165, 1.54) is 18.2 Å². The molecule has 0 aliphatic heterocycles. The zero-order valence-corrected chi connectivity index (χ0v) is 15.8. The Hall–Kier alpha value is -4.39. The lowest BCUT2D eigenvalue weighted by molar-refractivity contribution is 0.0847. The maximum Gasteiger partial charge on any atom is 0.273 e. The summed E-state index contributed by atoms with van der Waals surface area (Å²) in [5.41, 5.74) is 7.38. The fourth-order valence-electron chi connectivity index (χ4n) is 2.96. The van der Waals surface area contributed by atoms with Gasteiger partial charge in [0.2, 0.25) is 0 Å². The SMILES string of the molecule is O=C(NNC(=O)c1cn(-c2ccccc2)nc1-c1ccccc1)c1cccc(O)c1. The summed E-state index contributed by atoms with van der Waals surface area (Å²) in [6.07, 6.45) is 1.62. The first-order valence-electron chi connectivity index (χ1n) is 9.22. The number of hydrogen-bond acceptors (Lipinski definition) is 4. The zero-order valence-electron chi connectivity index (χ0n) is 15.8. The van der Waals surface area contributed by atoms with Crippen LogP contribution in [-0.2, 0) is 0 Å². The van der Waals surface area contributed by atoms with E-state index in [1.54, 1.807) is 16.9 Å². The number of rotatable bonds is 4. The minimum Gasteiger partial charge on any atom is -0.508 e. The molecular formula is C23H18N4O3. The Bertz CT molecular complexity index is 1190. The Morgan fingerprint density at radius 1 is 0.800 bits per heavy atom. The monoisotopic (exact) mass is 398 g/mol. The number of aromatic nitrogens is 2. The van der Waals surface area contributed by atoms with Gasteiger partial charge in [-0.15, -0.1) is 0 Å². The molecule has 4 rings (SSSR count). The van der Waals surface area contributed by atoms with Gasteiger partial charge in [0.05, 0.1) is 11.3 Å². The standard InChI is InChI=1S/C23H18N4O3/c28-19-13-7-10-17(14-19)22(29)24-25-23(30)20-15-27(18-11-5-2-6-12-18)26-21(20)16-8-3-1-4-9-16/h1-15,28H,(H,24,29)(H,25,30). The molecule has 30 heavy (non-hydrogen) atoms. The first-order valence-corrected chi connectivity index (χ1v) is 9.22. The van der Waals surface area contributed by atoms with Gasteiger partial charge in [-0.05, 0) is 30.3 Å². The third-order valence-corrected chi connectivity index (χ3v) is 4.42. The lowest BCUT2D eigenvalue weighted by Gasteiger charge is -2.07. The molecule has 3 N–H and O–H groups in total. The van der Waals surface area contributed by atoms with Crippen molar-refractivity contribution in [3.63, 3.8) is 0 Å². The number of hydrazine groups is 1. The van der Waals surface area contributed by atoms with Gasteiger partial charge in [0, 0.05) is 17.3 Å². The third-order valence-electron chi connectivity index (χ3n) is 4.42. The molecule has 0 spiro atoms. The van der Waals surface area contributed by atoms with Gasteiger partial charge in [0.1, 0.15) is 11.4 Å². The molecule has 3 aromatic carbocycles. The van der Waals surface area contributed by atoms with Crippen LogP contribution in [-0.4, -0.2) is 26.7 Å². The van der Waals surface area contributed by atoms with E-state index >= 15 is 0 Å². The summed E-state index contributed by atoms with van der Waals surface area (Å²) in [5.74, 6) is -1.09. The number of hydrogen-bond donors (Lipinski definition) is 3. The molecule has 1 heterocycles. The van der Waals surface area contributed by atoms with Crippen molar-refractivity contribution < 1.29 is 14.7 Å². The zero-order chi connectivity index (χ0) is 20.9. The van der Waals surface area contributed by atoms with Crippen LogP contribution >= 0.6 is 0 Å². The number of carbonyl (C=O) groups is 2. The van der Waals surface area contributed by atoms with Gasteiger partial charge in [-0.3, -0.25) is 20.4 Å². The number of nitrogens with one attached hydrogen (secondary N) is 2. The average Bonchev–Trinajstić information content (AvgIpc) is 3.24. The normalized spacial score (nSPS) is 10.4. The number of phenols is 1. The molecular weight excluding hydrogens is 380 g/mol. The summed E-state index contributed by atoms with van der Waals surface area (Å²) >= 11 is 0. The fraction of sp³-hybridized carbons (Fsp3) is 0. The van der Waals surface area contributed by atoms with Crippen molar-refractivity contribution in [2.45, 2.75) is 0 Å². The van der Waals surface area contributed by atoms with E-state index in [-0.39, 0.29) is 11.3 Å². The Morgan fingerprint density at radius 3 is 2.17 bits per heavy atom. The van der Waals surface area contributed by atoms with E-state index in [0.717, 1.165) is 11.3 Å². The van der Waals surface area contributed by atoms with Crippen molar-refractivity contribution >= 4 is 11.8 Å². The predicted molar refractivity (Wildman–Crippen MR) is 112 cm³/mol. The summed E-state index contributed by atoms with van der Waals surface area (Å²) in [6.45, 7) is 0. The lowest BCUT2D eigenvalue weighted by atomic mass is 10.1. The molecule has 0 unspecified atom stereocenters. The second-order valence-electron chi connectivity index (χ2n) is 6.50. The Kier molecular flexibility index (Phi) is 5.25. The van der Waals surface area contributed by atoms with Gasteiger partial charge in [-0.1, -0.05) is 54.6 Å². The van der Waals surface area contributed by atoms with E-state index in [0.29, 0.717) is 11.3 Å². The van der Waals surface area contributed by atoms with E-state index in [4.69, 9.17) is 0 Å². The Balaban J connectivity index is 1.61. The number of amides is 2. The maximum atomic E-state index is 12.9. The summed E-state index contributed by atoms with van der Waals surface area (Å²) < 4.78 is 1.62. The predicted octanol–water partition coefficient (Wildman–Crippen LogP) is 3.32. The molecule has 7 nitrogen and oxygen atoms in total. The van der Waals surface area contributed by atoms with E-state index in [9.17, 15) is 14.7 Å². The van der Waals surface area contributed by atoms with Crippen LogP contribution < -0.4 is 10.9 Å².